The zero-order chi connectivity index (χ0) is 17.2. The standard InChI is InChI=1S/C15H19F3N2O3/c1-10-14(22)19(2)8-12(9-21)20(10)7-11-3-5-13(6-4-11)23-15(16,17)18/h3-6,10,12,21H,7-9H2,1-2H3/t10-,12-/m0/s1. The first-order chi connectivity index (χ1) is 10.7. The van der Waals surface area contributed by atoms with Crippen LogP contribution >= 0.6 is 0 Å². The van der Waals surface area contributed by atoms with Crippen molar-refractivity contribution in [3.05, 3.63) is 29.8 Å². The van der Waals surface area contributed by atoms with Crippen molar-refractivity contribution in [2.75, 3.05) is 20.2 Å². The van der Waals surface area contributed by atoms with Gasteiger partial charge < -0.3 is 14.7 Å². The number of ether oxygens (including phenoxy) is 1. The van der Waals surface area contributed by atoms with Crippen molar-refractivity contribution in [2.45, 2.75) is 31.9 Å². The summed E-state index contributed by atoms with van der Waals surface area (Å²) in [4.78, 5) is 15.5. The molecular weight excluding hydrogens is 313 g/mol. The van der Waals surface area contributed by atoms with Gasteiger partial charge in [0.05, 0.1) is 18.7 Å². The molecule has 0 bridgehead atoms. The van der Waals surface area contributed by atoms with Gasteiger partial charge in [-0.25, -0.2) is 0 Å². The first-order valence-electron chi connectivity index (χ1n) is 7.17. The molecule has 2 rings (SSSR count). The number of hydrogen-bond acceptors (Lipinski definition) is 4. The van der Waals surface area contributed by atoms with Gasteiger partial charge >= 0.3 is 6.36 Å². The molecule has 8 heteroatoms. The minimum absolute atomic E-state index is 0.0493. The highest BCUT2D eigenvalue weighted by Crippen LogP contribution is 2.24. The fourth-order valence-corrected chi connectivity index (χ4v) is 2.72. The van der Waals surface area contributed by atoms with Crippen molar-refractivity contribution in [1.29, 1.82) is 0 Å². The van der Waals surface area contributed by atoms with Gasteiger partial charge in [0.25, 0.3) is 0 Å². The highest BCUT2D eigenvalue weighted by atomic mass is 19.4. The van der Waals surface area contributed by atoms with Crippen LogP contribution in [0.5, 0.6) is 5.75 Å². The van der Waals surface area contributed by atoms with Gasteiger partial charge in [0, 0.05) is 20.1 Å². The zero-order valence-corrected chi connectivity index (χ0v) is 12.9. The maximum Gasteiger partial charge on any atom is 0.573 e. The molecule has 0 aromatic heterocycles. The van der Waals surface area contributed by atoms with Gasteiger partial charge in [-0.15, -0.1) is 13.2 Å². The summed E-state index contributed by atoms with van der Waals surface area (Å²) < 4.78 is 40.3. The number of alkyl halides is 3. The average molecular weight is 332 g/mol. The summed E-state index contributed by atoms with van der Waals surface area (Å²) in [6, 6.07) is 4.89. The Morgan fingerprint density at radius 1 is 1.30 bits per heavy atom. The van der Waals surface area contributed by atoms with Crippen LogP contribution in [0.4, 0.5) is 13.2 Å². The first-order valence-corrected chi connectivity index (χ1v) is 7.17. The van der Waals surface area contributed by atoms with Crippen LogP contribution < -0.4 is 4.74 Å². The molecule has 1 aromatic rings. The quantitative estimate of drug-likeness (QED) is 0.910. The van der Waals surface area contributed by atoms with E-state index < -0.39 is 12.4 Å². The Morgan fingerprint density at radius 3 is 2.43 bits per heavy atom. The number of carbonyl (C=O) groups is 1. The third kappa shape index (κ3) is 4.35. The predicted octanol–water partition coefficient (Wildman–Crippen LogP) is 1.61. The molecule has 0 spiro atoms. The molecule has 1 amide bonds. The summed E-state index contributed by atoms with van der Waals surface area (Å²) in [6.07, 6.45) is -4.72. The topological polar surface area (TPSA) is 53.0 Å². The normalized spacial score (nSPS) is 23.2. The average Bonchev–Trinajstić information content (AvgIpc) is 2.48. The van der Waals surface area contributed by atoms with Gasteiger partial charge in [-0.05, 0) is 24.6 Å². The smallest absolute Gasteiger partial charge is 0.406 e. The minimum atomic E-state index is -4.72. The highest BCUT2D eigenvalue weighted by molar-refractivity contribution is 5.82. The molecular formula is C15H19F3N2O3. The molecule has 1 aliphatic heterocycles. The molecule has 1 fully saturated rings. The van der Waals surface area contributed by atoms with E-state index in [4.69, 9.17) is 0 Å². The minimum Gasteiger partial charge on any atom is -0.406 e. The lowest BCUT2D eigenvalue weighted by molar-refractivity contribution is -0.274. The number of aliphatic hydroxyl groups excluding tert-OH is 1. The van der Waals surface area contributed by atoms with Crippen LogP contribution in [0.1, 0.15) is 12.5 Å². The number of nitrogens with zero attached hydrogens (tertiary/aromatic N) is 2. The van der Waals surface area contributed by atoms with Crippen LogP contribution in [0.3, 0.4) is 0 Å². The van der Waals surface area contributed by atoms with E-state index in [-0.39, 0.29) is 24.3 Å². The highest BCUT2D eigenvalue weighted by Gasteiger charge is 2.36. The Bertz CT molecular complexity index is 548. The van der Waals surface area contributed by atoms with E-state index in [1.54, 1.807) is 18.9 Å². The number of carbonyl (C=O) groups excluding carboxylic acids is 1. The predicted molar refractivity (Wildman–Crippen MR) is 76.6 cm³/mol. The second-order valence-corrected chi connectivity index (χ2v) is 5.60. The first kappa shape index (κ1) is 17.6. The van der Waals surface area contributed by atoms with Crippen LogP contribution in [0.15, 0.2) is 24.3 Å². The van der Waals surface area contributed by atoms with E-state index in [0.29, 0.717) is 13.1 Å². The van der Waals surface area contributed by atoms with Crippen LogP contribution in [0.25, 0.3) is 0 Å². The Balaban J connectivity index is 2.09. The third-order valence-corrected chi connectivity index (χ3v) is 3.92. The van der Waals surface area contributed by atoms with Gasteiger partial charge in [-0.2, -0.15) is 0 Å². The largest absolute Gasteiger partial charge is 0.573 e. The Labute approximate surface area is 132 Å². The summed E-state index contributed by atoms with van der Waals surface area (Å²) >= 11 is 0. The van der Waals surface area contributed by atoms with Crippen LogP contribution in [0.2, 0.25) is 0 Å². The Hall–Kier alpha value is -1.80. The lowest BCUT2D eigenvalue weighted by Crippen LogP contribution is -2.60. The number of halogens is 3. The molecule has 0 radical (unpaired) electrons. The molecule has 0 saturated carbocycles. The molecule has 1 N–H and O–H groups in total. The van der Waals surface area contributed by atoms with Crippen molar-refractivity contribution in [2.24, 2.45) is 0 Å². The number of benzene rings is 1. The molecule has 0 unspecified atom stereocenters. The van der Waals surface area contributed by atoms with Gasteiger partial charge in [0.1, 0.15) is 5.75 Å². The summed E-state index contributed by atoms with van der Waals surface area (Å²) in [7, 11) is 1.68. The van der Waals surface area contributed by atoms with E-state index in [2.05, 4.69) is 4.74 Å². The number of piperazine rings is 1. The maximum atomic E-state index is 12.1. The van der Waals surface area contributed by atoms with Crippen molar-refractivity contribution in [3.8, 4) is 5.75 Å². The maximum absolute atomic E-state index is 12.1. The SMILES string of the molecule is C[C@H]1C(=O)N(C)C[C@@H](CO)N1Cc1ccc(OC(F)(F)F)cc1. The number of hydrogen-bond donors (Lipinski definition) is 1. The fraction of sp³-hybridized carbons (Fsp3) is 0.533. The molecule has 0 aliphatic carbocycles. The second kappa shape index (κ2) is 6.76. The van der Waals surface area contributed by atoms with Gasteiger partial charge in [-0.1, -0.05) is 12.1 Å². The summed E-state index contributed by atoms with van der Waals surface area (Å²) in [5.74, 6) is -0.339. The molecule has 1 heterocycles. The molecule has 1 aromatic carbocycles. The van der Waals surface area contributed by atoms with E-state index in [1.807, 2.05) is 4.90 Å². The van der Waals surface area contributed by atoms with E-state index in [1.165, 1.54) is 24.3 Å². The van der Waals surface area contributed by atoms with Crippen molar-refractivity contribution < 1.29 is 27.8 Å². The summed E-state index contributed by atoms with van der Waals surface area (Å²) in [6.45, 7) is 2.42. The number of rotatable bonds is 4. The zero-order valence-electron chi connectivity index (χ0n) is 12.9. The van der Waals surface area contributed by atoms with Crippen molar-refractivity contribution in [3.63, 3.8) is 0 Å². The third-order valence-electron chi connectivity index (χ3n) is 3.92. The lowest BCUT2D eigenvalue weighted by atomic mass is 10.1. The monoisotopic (exact) mass is 332 g/mol. The Morgan fingerprint density at radius 2 is 1.91 bits per heavy atom. The van der Waals surface area contributed by atoms with Crippen LogP contribution in [0, 0.1) is 0 Å². The summed E-state index contributed by atoms with van der Waals surface area (Å²) in [5.41, 5.74) is 0.738. The number of amides is 1. The molecule has 128 valence electrons. The molecule has 1 aliphatic rings. The fourth-order valence-electron chi connectivity index (χ4n) is 2.72. The molecule has 5 nitrogen and oxygen atoms in total. The summed E-state index contributed by atoms with van der Waals surface area (Å²) in [5, 5.41) is 9.51. The molecule has 23 heavy (non-hydrogen) atoms. The molecule has 1 saturated heterocycles. The van der Waals surface area contributed by atoms with E-state index in [0.717, 1.165) is 5.56 Å². The molecule has 2 atom stereocenters. The number of aliphatic hydroxyl groups is 1. The van der Waals surface area contributed by atoms with Gasteiger partial charge in [0.15, 0.2) is 0 Å². The Kier molecular flexibility index (Phi) is 5.16. The van der Waals surface area contributed by atoms with E-state index in [9.17, 15) is 23.1 Å². The lowest BCUT2D eigenvalue weighted by Gasteiger charge is -2.43. The van der Waals surface area contributed by atoms with Crippen LogP contribution in [-0.2, 0) is 11.3 Å². The van der Waals surface area contributed by atoms with Gasteiger partial charge in [0.2, 0.25) is 5.91 Å². The van der Waals surface area contributed by atoms with E-state index >= 15 is 0 Å². The van der Waals surface area contributed by atoms with Crippen molar-refractivity contribution >= 4 is 5.91 Å². The van der Waals surface area contributed by atoms with Crippen molar-refractivity contribution in [1.82, 2.24) is 9.80 Å². The number of likely N-dealkylation sites (N-methyl/N-ethyl adjacent to an activating group) is 1. The van der Waals surface area contributed by atoms with Gasteiger partial charge in [-0.3, -0.25) is 9.69 Å². The second-order valence-electron chi connectivity index (χ2n) is 5.60. The van der Waals surface area contributed by atoms with Crippen LogP contribution in [-0.4, -0.2) is 59.5 Å².